The molecule has 0 spiro atoms. The van der Waals surface area contributed by atoms with Gasteiger partial charge in [-0.25, -0.2) is 21.1 Å². The minimum Gasteiger partial charge on any atom is -0.229 e. The Balaban J connectivity index is 2.69. The highest BCUT2D eigenvalue weighted by Crippen LogP contribution is 2.34. The summed E-state index contributed by atoms with van der Waals surface area (Å²) in [5.74, 6) is -0.0850. The van der Waals surface area contributed by atoms with Crippen LogP contribution in [0.5, 0.6) is 0 Å². The minimum absolute atomic E-state index is 0.187. The third kappa shape index (κ3) is 5.69. The Morgan fingerprint density at radius 1 is 1.00 bits per heavy atom. The summed E-state index contributed by atoms with van der Waals surface area (Å²) in [5.41, 5.74) is 0.187. The van der Waals surface area contributed by atoms with Crippen LogP contribution in [0, 0.1) is 11.3 Å². The summed E-state index contributed by atoms with van der Waals surface area (Å²) in [4.78, 5) is 0. The monoisotopic (exact) mass is 325 g/mol. The van der Waals surface area contributed by atoms with Gasteiger partial charge in [-0.3, -0.25) is 0 Å². The maximum Gasteiger partial charge on any atom is 0.215 e. The van der Waals surface area contributed by atoms with E-state index in [1.165, 1.54) is 4.31 Å². The van der Waals surface area contributed by atoms with Crippen molar-refractivity contribution in [2.24, 2.45) is 11.3 Å². The molecule has 0 aliphatic carbocycles. The van der Waals surface area contributed by atoms with Crippen LogP contribution in [0.3, 0.4) is 0 Å². The first-order chi connectivity index (χ1) is 8.92. The molecule has 1 atom stereocenters. The molecule has 0 N–H and O–H groups in total. The van der Waals surface area contributed by atoms with Crippen molar-refractivity contribution < 1.29 is 16.8 Å². The molecule has 1 aliphatic rings. The fourth-order valence-electron chi connectivity index (χ4n) is 2.60. The van der Waals surface area contributed by atoms with E-state index >= 15 is 0 Å². The molecule has 1 aliphatic heterocycles. The standard InChI is InChI=1S/C13H27NO4S2/c1-13(2,3)12-6-5-8-14(9-7-12)20(17,18)11-10-19(4,15)16/h12H,5-11H2,1-4H3/t12-/m0/s1. The zero-order chi connectivity index (χ0) is 15.6. The maximum absolute atomic E-state index is 12.2. The van der Waals surface area contributed by atoms with Crippen LogP contribution in [0.1, 0.15) is 40.0 Å². The molecule has 1 rings (SSSR count). The Bertz CT molecular complexity index is 517. The SMILES string of the molecule is CC(C)(C)[C@H]1CCCN(S(=O)(=O)CCS(C)(=O)=O)CC1. The third-order valence-electron chi connectivity index (χ3n) is 4.02. The number of nitrogens with zero attached hydrogens (tertiary/aromatic N) is 1. The van der Waals surface area contributed by atoms with Crippen LogP contribution in [0.2, 0.25) is 0 Å². The van der Waals surface area contributed by atoms with Gasteiger partial charge in [0.1, 0.15) is 9.84 Å². The van der Waals surface area contributed by atoms with Crippen LogP contribution in [0.25, 0.3) is 0 Å². The van der Waals surface area contributed by atoms with Crippen molar-refractivity contribution in [3.8, 4) is 0 Å². The van der Waals surface area contributed by atoms with Gasteiger partial charge in [0.2, 0.25) is 10.0 Å². The number of hydrogen-bond acceptors (Lipinski definition) is 4. The molecule has 0 amide bonds. The second-order valence-electron chi connectivity index (χ2n) is 6.84. The van der Waals surface area contributed by atoms with Gasteiger partial charge in [0.15, 0.2) is 0 Å². The van der Waals surface area contributed by atoms with E-state index in [0.717, 1.165) is 25.5 Å². The van der Waals surface area contributed by atoms with Gasteiger partial charge in [-0.15, -0.1) is 0 Å². The lowest BCUT2D eigenvalue weighted by Gasteiger charge is -2.29. The Morgan fingerprint density at radius 3 is 2.10 bits per heavy atom. The normalized spacial score (nSPS) is 23.5. The highest BCUT2D eigenvalue weighted by atomic mass is 32.2. The predicted octanol–water partition coefficient (Wildman–Crippen LogP) is 1.51. The molecule has 1 fully saturated rings. The molecule has 1 heterocycles. The van der Waals surface area contributed by atoms with E-state index in [9.17, 15) is 16.8 Å². The molecule has 20 heavy (non-hydrogen) atoms. The van der Waals surface area contributed by atoms with Crippen LogP contribution < -0.4 is 0 Å². The molecule has 0 unspecified atom stereocenters. The summed E-state index contributed by atoms with van der Waals surface area (Å²) in [5, 5.41) is 0. The van der Waals surface area contributed by atoms with Crippen molar-refractivity contribution in [1.82, 2.24) is 4.31 Å². The molecule has 0 saturated carbocycles. The topological polar surface area (TPSA) is 71.5 Å². The van der Waals surface area contributed by atoms with Gasteiger partial charge in [0.05, 0.1) is 11.5 Å². The fourth-order valence-corrected chi connectivity index (χ4v) is 5.70. The van der Waals surface area contributed by atoms with Gasteiger partial charge in [-0.1, -0.05) is 20.8 Å². The van der Waals surface area contributed by atoms with Crippen LogP contribution in [0.4, 0.5) is 0 Å². The van der Waals surface area contributed by atoms with E-state index in [1.54, 1.807) is 0 Å². The second kappa shape index (κ2) is 6.32. The van der Waals surface area contributed by atoms with E-state index in [2.05, 4.69) is 20.8 Å². The number of sulfonamides is 1. The van der Waals surface area contributed by atoms with Gasteiger partial charge in [-0.2, -0.15) is 0 Å². The molecule has 7 heteroatoms. The smallest absolute Gasteiger partial charge is 0.215 e. The Labute approximate surface area is 123 Å². The van der Waals surface area contributed by atoms with Gasteiger partial charge in [-0.05, 0) is 30.6 Å². The molecule has 0 aromatic carbocycles. The molecule has 0 bridgehead atoms. The summed E-state index contributed by atoms with van der Waals surface area (Å²) >= 11 is 0. The maximum atomic E-state index is 12.2. The van der Waals surface area contributed by atoms with Crippen LogP contribution in [-0.2, 0) is 19.9 Å². The van der Waals surface area contributed by atoms with Gasteiger partial charge in [0.25, 0.3) is 0 Å². The average Bonchev–Trinajstić information content (AvgIpc) is 2.50. The van der Waals surface area contributed by atoms with E-state index in [-0.39, 0.29) is 16.9 Å². The zero-order valence-electron chi connectivity index (χ0n) is 12.9. The summed E-state index contributed by atoms with van der Waals surface area (Å²) in [6.07, 6.45) is 3.80. The quantitative estimate of drug-likeness (QED) is 0.785. The fraction of sp³-hybridized carbons (Fsp3) is 1.00. The first-order valence-electron chi connectivity index (χ1n) is 7.07. The molecule has 120 valence electrons. The van der Waals surface area contributed by atoms with Crippen molar-refractivity contribution in [3.63, 3.8) is 0 Å². The largest absolute Gasteiger partial charge is 0.229 e. The van der Waals surface area contributed by atoms with Crippen molar-refractivity contribution in [1.29, 1.82) is 0 Å². The van der Waals surface area contributed by atoms with Crippen LogP contribution in [-0.4, -0.2) is 52.0 Å². The summed E-state index contributed by atoms with van der Waals surface area (Å²) in [6.45, 7) is 7.58. The third-order valence-corrected chi connectivity index (χ3v) is 7.09. The Morgan fingerprint density at radius 2 is 1.60 bits per heavy atom. The molecule has 5 nitrogen and oxygen atoms in total. The molecule has 0 radical (unpaired) electrons. The highest BCUT2D eigenvalue weighted by molar-refractivity contribution is 7.93. The summed E-state index contributed by atoms with van der Waals surface area (Å²) in [7, 11) is -6.70. The minimum atomic E-state index is -3.45. The highest BCUT2D eigenvalue weighted by Gasteiger charge is 2.31. The number of sulfone groups is 1. The summed E-state index contributed by atoms with van der Waals surface area (Å²) in [6, 6.07) is 0. The first kappa shape index (κ1) is 17.9. The molecular formula is C13H27NO4S2. The summed E-state index contributed by atoms with van der Waals surface area (Å²) < 4.78 is 48.1. The lowest BCUT2D eigenvalue weighted by molar-refractivity contribution is 0.217. The van der Waals surface area contributed by atoms with Crippen LogP contribution >= 0.6 is 0 Å². The van der Waals surface area contributed by atoms with Gasteiger partial charge >= 0.3 is 0 Å². The van der Waals surface area contributed by atoms with Crippen molar-refractivity contribution in [3.05, 3.63) is 0 Å². The van der Waals surface area contributed by atoms with Gasteiger partial charge < -0.3 is 0 Å². The Kier molecular flexibility index (Phi) is 5.66. The second-order valence-corrected chi connectivity index (χ2v) is 11.2. The number of rotatable bonds is 4. The molecule has 1 saturated heterocycles. The Hall–Kier alpha value is -0.140. The predicted molar refractivity (Wildman–Crippen MR) is 81.9 cm³/mol. The lowest BCUT2D eigenvalue weighted by atomic mass is 9.77. The molecule has 0 aromatic heterocycles. The number of hydrogen-bond donors (Lipinski definition) is 0. The van der Waals surface area contributed by atoms with Crippen molar-refractivity contribution in [2.45, 2.75) is 40.0 Å². The lowest BCUT2D eigenvalue weighted by Crippen LogP contribution is -2.36. The molecular weight excluding hydrogens is 298 g/mol. The van der Waals surface area contributed by atoms with E-state index in [0.29, 0.717) is 19.0 Å². The van der Waals surface area contributed by atoms with Gasteiger partial charge in [0, 0.05) is 19.3 Å². The van der Waals surface area contributed by atoms with E-state index < -0.39 is 19.9 Å². The van der Waals surface area contributed by atoms with E-state index in [4.69, 9.17) is 0 Å². The zero-order valence-corrected chi connectivity index (χ0v) is 14.6. The molecule has 0 aromatic rings. The van der Waals surface area contributed by atoms with Crippen molar-refractivity contribution >= 4 is 19.9 Å². The van der Waals surface area contributed by atoms with Crippen molar-refractivity contribution in [2.75, 3.05) is 30.9 Å². The van der Waals surface area contributed by atoms with Crippen LogP contribution in [0.15, 0.2) is 0 Å². The van der Waals surface area contributed by atoms with E-state index in [1.807, 2.05) is 0 Å². The first-order valence-corrected chi connectivity index (χ1v) is 10.7. The average molecular weight is 325 g/mol.